The second-order valence-electron chi connectivity index (χ2n) is 4.46. The number of carbonyl (C=O) groups excluding carboxylic acids is 1. The maximum absolute atomic E-state index is 12.2. The molecule has 0 saturated carbocycles. The normalized spacial score (nSPS) is 10.2. The van der Waals surface area contributed by atoms with Crippen LogP contribution < -0.4 is 9.47 Å². The summed E-state index contributed by atoms with van der Waals surface area (Å²) in [4.78, 5) is 12.2. The van der Waals surface area contributed by atoms with Crippen LogP contribution in [0, 0.1) is 0 Å². The fraction of sp³-hybridized carbons (Fsp3) is 0.235. The van der Waals surface area contributed by atoms with Crippen molar-refractivity contribution in [3.05, 3.63) is 53.6 Å². The number of phenols is 1. The third-order valence-electron chi connectivity index (χ3n) is 3.06. The highest BCUT2D eigenvalue weighted by atomic mass is 16.5. The number of esters is 1. The SMILES string of the molecule is CCOc1ccccc1C(=O)Oc1ccc(CC)c(O)c1. The van der Waals surface area contributed by atoms with Crippen molar-refractivity contribution in [2.45, 2.75) is 20.3 Å². The molecule has 0 bridgehead atoms. The average molecular weight is 286 g/mol. The molecular weight excluding hydrogens is 268 g/mol. The summed E-state index contributed by atoms with van der Waals surface area (Å²) in [5.74, 6) is 0.406. The van der Waals surface area contributed by atoms with Gasteiger partial charge in [-0.25, -0.2) is 4.79 Å². The van der Waals surface area contributed by atoms with Gasteiger partial charge in [0.25, 0.3) is 0 Å². The van der Waals surface area contributed by atoms with E-state index in [0.717, 1.165) is 5.56 Å². The van der Waals surface area contributed by atoms with E-state index in [2.05, 4.69) is 0 Å². The summed E-state index contributed by atoms with van der Waals surface area (Å²) in [6.45, 7) is 4.26. The van der Waals surface area contributed by atoms with Gasteiger partial charge < -0.3 is 14.6 Å². The Bertz CT molecular complexity index is 634. The second kappa shape index (κ2) is 6.79. The smallest absolute Gasteiger partial charge is 0.347 e. The summed E-state index contributed by atoms with van der Waals surface area (Å²) in [6, 6.07) is 11.8. The molecule has 2 aromatic carbocycles. The molecule has 0 amide bonds. The van der Waals surface area contributed by atoms with Crippen LogP contribution in [-0.4, -0.2) is 17.7 Å². The van der Waals surface area contributed by atoms with Crippen LogP contribution in [-0.2, 0) is 6.42 Å². The quantitative estimate of drug-likeness (QED) is 0.674. The molecule has 0 radical (unpaired) electrons. The van der Waals surface area contributed by atoms with Gasteiger partial charge in [-0.2, -0.15) is 0 Å². The topological polar surface area (TPSA) is 55.8 Å². The molecule has 2 rings (SSSR count). The number of carbonyl (C=O) groups is 1. The van der Waals surface area contributed by atoms with Crippen LogP contribution in [0.4, 0.5) is 0 Å². The van der Waals surface area contributed by atoms with Gasteiger partial charge in [0.15, 0.2) is 0 Å². The molecule has 0 unspecified atom stereocenters. The lowest BCUT2D eigenvalue weighted by atomic mass is 10.1. The molecule has 0 aliphatic carbocycles. The van der Waals surface area contributed by atoms with E-state index in [4.69, 9.17) is 9.47 Å². The number of rotatable bonds is 5. The number of phenolic OH excluding ortho intramolecular Hbond substituents is 1. The summed E-state index contributed by atoms with van der Waals surface area (Å²) in [5.41, 5.74) is 1.17. The van der Waals surface area contributed by atoms with Crippen LogP contribution >= 0.6 is 0 Å². The first-order valence-corrected chi connectivity index (χ1v) is 6.91. The van der Waals surface area contributed by atoms with Crippen LogP contribution in [0.3, 0.4) is 0 Å². The van der Waals surface area contributed by atoms with Gasteiger partial charge in [-0.05, 0) is 37.1 Å². The Morgan fingerprint density at radius 3 is 2.57 bits per heavy atom. The summed E-state index contributed by atoms with van der Waals surface area (Å²) in [5, 5.41) is 9.80. The minimum atomic E-state index is -0.511. The van der Waals surface area contributed by atoms with Gasteiger partial charge >= 0.3 is 5.97 Å². The molecule has 4 heteroatoms. The molecule has 0 saturated heterocycles. The Morgan fingerprint density at radius 2 is 1.90 bits per heavy atom. The van der Waals surface area contributed by atoms with Crippen LogP contribution in [0.25, 0.3) is 0 Å². The Balaban J connectivity index is 2.20. The van der Waals surface area contributed by atoms with Crippen molar-refractivity contribution >= 4 is 5.97 Å². The van der Waals surface area contributed by atoms with Gasteiger partial charge in [0.2, 0.25) is 0 Å². The van der Waals surface area contributed by atoms with Gasteiger partial charge in [0, 0.05) is 6.07 Å². The van der Waals surface area contributed by atoms with Crippen molar-refractivity contribution in [1.29, 1.82) is 0 Å². The lowest BCUT2D eigenvalue weighted by Gasteiger charge is -2.10. The van der Waals surface area contributed by atoms with Gasteiger partial charge in [0.1, 0.15) is 22.8 Å². The molecule has 0 heterocycles. The molecule has 0 fully saturated rings. The average Bonchev–Trinajstić information content (AvgIpc) is 2.48. The van der Waals surface area contributed by atoms with E-state index in [1.54, 1.807) is 36.4 Å². The predicted octanol–water partition coefficient (Wildman–Crippen LogP) is 3.57. The highest BCUT2D eigenvalue weighted by Gasteiger charge is 2.15. The van der Waals surface area contributed by atoms with E-state index in [-0.39, 0.29) is 5.75 Å². The second-order valence-corrected chi connectivity index (χ2v) is 4.46. The molecule has 4 nitrogen and oxygen atoms in total. The lowest BCUT2D eigenvalue weighted by Crippen LogP contribution is -2.10. The van der Waals surface area contributed by atoms with Crippen LogP contribution in [0.5, 0.6) is 17.2 Å². The zero-order valence-corrected chi connectivity index (χ0v) is 12.1. The Labute approximate surface area is 123 Å². The summed E-state index contributed by atoms with van der Waals surface area (Å²) >= 11 is 0. The highest BCUT2D eigenvalue weighted by Crippen LogP contribution is 2.26. The first-order valence-electron chi connectivity index (χ1n) is 6.91. The van der Waals surface area contributed by atoms with Crippen molar-refractivity contribution in [2.75, 3.05) is 6.61 Å². The van der Waals surface area contributed by atoms with E-state index >= 15 is 0 Å². The Kier molecular flexibility index (Phi) is 4.82. The Hall–Kier alpha value is -2.49. The summed E-state index contributed by atoms with van der Waals surface area (Å²) in [7, 11) is 0. The Morgan fingerprint density at radius 1 is 1.14 bits per heavy atom. The molecule has 0 aliphatic heterocycles. The van der Waals surface area contributed by atoms with Crippen LogP contribution in [0.1, 0.15) is 29.8 Å². The fourth-order valence-electron chi connectivity index (χ4n) is 1.98. The van der Waals surface area contributed by atoms with E-state index in [1.165, 1.54) is 6.07 Å². The molecule has 110 valence electrons. The highest BCUT2D eigenvalue weighted by molar-refractivity contribution is 5.94. The third kappa shape index (κ3) is 3.54. The zero-order chi connectivity index (χ0) is 15.2. The van der Waals surface area contributed by atoms with E-state index in [9.17, 15) is 9.90 Å². The van der Waals surface area contributed by atoms with Crippen molar-refractivity contribution < 1.29 is 19.4 Å². The van der Waals surface area contributed by atoms with Crippen molar-refractivity contribution in [3.63, 3.8) is 0 Å². The first-order chi connectivity index (χ1) is 10.2. The molecule has 0 atom stereocenters. The number of ether oxygens (including phenoxy) is 2. The molecule has 0 spiro atoms. The molecular formula is C17H18O4. The molecule has 1 N–H and O–H groups in total. The fourth-order valence-corrected chi connectivity index (χ4v) is 1.98. The van der Waals surface area contributed by atoms with E-state index in [0.29, 0.717) is 30.1 Å². The molecule has 0 aromatic heterocycles. The summed E-state index contributed by atoms with van der Waals surface area (Å²) < 4.78 is 10.7. The molecule has 0 aliphatic rings. The van der Waals surface area contributed by atoms with Crippen LogP contribution in [0.2, 0.25) is 0 Å². The maximum Gasteiger partial charge on any atom is 0.347 e. The largest absolute Gasteiger partial charge is 0.508 e. The van der Waals surface area contributed by atoms with Crippen LogP contribution in [0.15, 0.2) is 42.5 Å². The molecule has 2 aromatic rings. The number of aromatic hydroxyl groups is 1. The predicted molar refractivity (Wildman–Crippen MR) is 80.1 cm³/mol. The zero-order valence-electron chi connectivity index (χ0n) is 12.1. The van der Waals surface area contributed by atoms with Gasteiger partial charge in [-0.3, -0.25) is 0 Å². The minimum absolute atomic E-state index is 0.126. The third-order valence-corrected chi connectivity index (χ3v) is 3.06. The number of hydrogen-bond acceptors (Lipinski definition) is 4. The van der Waals surface area contributed by atoms with Gasteiger partial charge in [0.05, 0.1) is 6.61 Å². The van der Waals surface area contributed by atoms with E-state index in [1.807, 2.05) is 13.8 Å². The number of benzene rings is 2. The number of hydrogen-bond donors (Lipinski definition) is 1. The minimum Gasteiger partial charge on any atom is -0.508 e. The van der Waals surface area contributed by atoms with Gasteiger partial charge in [-0.1, -0.05) is 25.1 Å². The standard InChI is InChI=1S/C17H18O4/c1-3-12-9-10-13(11-15(12)18)21-17(19)14-7-5-6-8-16(14)20-4-2/h5-11,18H,3-4H2,1-2H3. The van der Waals surface area contributed by atoms with Crippen molar-refractivity contribution in [2.24, 2.45) is 0 Å². The van der Waals surface area contributed by atoms with Crippen molar-refractivity contribution in [3.8, 4) is 17.2 Å². The number of aryl methyl sites for hydroxylation is 1. The first kappa shape index (κ1) is 14.9. The summed E-state index contributed by atoms with van der Waals surface area (Å²) in [6.07, 6.45) is 0.716. The maximum atomic E-state index is 12.2. The van der Waals surface area contributed by atoms with E-state index < -0.39 is 5.97 Å². The van der Waals surface area contributed by atoms with Gasteiger partial charge in [-0.15, -0.1) is 0 Å². The monoisotopic (exact) mass is 286 g/mol. The lowest BCUT2D eigenvalue weighted by molar-refractivity contribution is 0.0730. The molecule has 21 heavy (non-hydrogen) atoms. The number of para-hydroxylation sites is 1. The van der Waals surface area contributed by atoms with Crippen molar-refractivity contribution in [1.82, 2.24) is 0 Å².